The normalized spacial score (nSPS) is 15.5. The molecule has 1 heterocycles. The van der Waals surface area contributed by atoms with Crippen LogP contribution in [0.3, 0.4) is 0 Å². The average molecular weight is 461 g/mol. The number of hydrogen-bond acceptors (Lipinski definition) is 5. The number of hydrogen-bond donors (Lipinski definition) is 1. The smallest absolute Gasteiger partial charge is 0.339 e. The van der Waals surface area contributed by atoms with Crippen molar-refractivity contribution < 1.29 is 19.1 Å². The zero-order valence-electron chi connectivity index (χ0n) is 20.3. The molecule has 1 unspecified atom stereocenters. The summed E-state index contributed by atoms with van der Waals surface area (Å²) in [5, 5.41) is 3.52. The van der Waals surface area contributed by atoms with Crippen molar-refractivity contribution in [1.82, 2.24) is 4.98 Å². The number of para-hydroxylation sites is 1. The highest BCUT2D eigenvalue weighted by atomic mass is 16.5. The third-order valence-electron chi connectivity index (χ3n) is 7.19. The molecule has 0 radical (unpaired) electrons. The second-order valence-electron chi connectivity index (χ2n) is 9.56. The van der Waals surface area contributed by atoms with Crippen LogP contribution >= 0.6 is 0 Å². The first-order valence-electron chi connectivity index (χ1n) is 11.8. The molecular formula is C28H32N2O4. The van der Waals surface area contributed by atoms with Crippen LogP contribution in [0, 0.1) is 11.3 Å². The van der Waals surface area contributed by atoms with E-state index in [0.717, 1.165) is 47.8 Å². The van der Waals surface area contributed by atoms with Crippen molar-refractivity contribution in [2.24, 2.45) is 11.3 Å². The van der Waals surface area contributed by atoms with Crippen LogP contribution in [0.1, 0.15) is 55.2 Å². The first-order chi connectivity index (χ1) is 16.3. The van der Waals surface area contributed by atoms with Crippen molar-refractivity contribution in [1.29, 1.82) is 0 Å². The Kier molecular flexibility index (Phi) is 6.87. The fraction of sp³-hybridized carbons (Fsp3) is 0.393. The number of nitrogens with one attached hydrogen (secondary N) is 1. The summed E-state index contributed by atoms with van der Waals surface area (Å²) < 4.78 is 10.7. The Balaban J connectivity index is 1.57. The lowest BCUT2D eigenvalue weighted by molar-refractivity contribution is -0.119. The van der Waals surface area contributed by atoms with Crippen LogP contribution in [-0.2, 0) is 22.4 Å². The molecule has 0 saturated carbocycles. The molecule has 1 amide bonds. The van der Waals surface area contributed by atoms with Gasteiger partial charge in [-0.25, -0.2) is 4.79 Å². The molecule has 0 fully saturated rings. The lowest BCUT2D eigenvalue weighted by Gasteiger charge is -2.37. The number of fused-ring (bicyclic) bond motifs is 2. The number of benzene rings is 2. The van der Waals surface area contributed by atoms with Gasteiger partial charge in [-0.3, -0.25) is 9.78 Å². The van der Waals surface area contributed by atoms with Gasteiger partial charge >= 0.3 is 5.97 Å². The molecule has 6 nitrogen and oxygen atoms in total. The topological polar surface area (TPSA) is 77.5 Å². The first-order valence-corrected chi connectivity index (χ1v) is 11.8. The fourth-order valence-electron chi connectivity index (χ4n) is 4.65. The van der Waals surface area contributed by atoms with Gasteiger partial charge in [0.2, 0.25) is 0 Å². The van der Waals surface area contributed by atoms with Crippen molar-refractivity contribution in [2.75, 3.05) is 19.0 Å². The molecule has 1 atom stereocenters. The van der Waals surface area contributed by atoms with Gasteiger partial charge in [0.1, 0.15) is 5.75 Å². The third-order valence-corrected chi connectivity index (χ3v) is 7.19. The van der Waals surface area contributed by atoms with Crippen LogP contribution in [0.25, 0.3) is 10.9 Å². The Morgan fingerprint density at radius 2 is 1.85 bits per heavy atom. The number of nitrogens with zero attached hydrogens (tertiary/aromatic N) is 1. The zero-order valence-corrected chi connectivity index (χ0v) is 20.3. The number of ether oxygens (including phenoxy) is 2. The Morgan fingerprint density at radius 3 is 2.56 bits per heavy atom. The number of esters is 1. The quantitative estimate of drug-likeness (QED) is 0.466. The molecule has 3 aromatic rings. The van der Waals surface area contributed by atoms with E-state index in [1.165, 1.54) is 0 Å². The molecule has 1 aliphatic carbocycles. The first kappa shape index (κ1) is 23.7. The Labute approximate surface area is 200 Å². The number of methoxy groups -OCH3 is 1. The van der Waals surface area contributed by atoms with E-state index in [2.05, 4.69) is 26.1 Å². The SMILES string of the molecule is CCC(C)(C)C1CCc2nc3ccccc3c(C(=O)OCC(=O)Nc3ccc(OC)cc3)c2C1. The predicted octanol–water partition coefficient (Wildman–Crippen LogP) is 5.58. The van der Waals surface area contributed by atoms with Gasteiger partial charge in [-0.15, -0.1) is 0 Å². The molecule has 6 heteroatoms. The number of rotatable bonds is 7. The minimum absolute atomic E-state index is 0.169. The van der Waals surface area contributed by atoms with E-state index in [1.54, 1.807) is 31.4 Å². The predicted molar refractivity (Wildman–Crippen MR) is 133 cm³/mol. The molecule has 0 bridgehead atoms. The average Bonchev–Trinajstić information content (AvgIpc) is 2.85. The number of carbonyl (C=O) groups excluding carboxylic acids is 2. The van der Waals surface area contributed by atoms with Gasteiger partial charge in [0, 0.05) is 16.8 Å². The van der Waals surface area contributed by atoms with E-state index in [1.807, 2.05) is 24.3 Å². The molecule has 178 valence electrons. The van der Waals surface area contributed by atoms with E-state index in [-0.39, 0.29) is 12.0 Å². The van der Waals surface area contributed by atoms with Gasteiger partial charge in [0.25, 0.3) is 5.91 Å². The molecule has 0 spiro atoms. The molecule has 1 aliphatic rings. The van der Waals surface area contributed by atoms with Crippen LogP contribution in [0.15, 0.2) is 48.5 Å². The summed E-state index contributed by atoms with van der Waals surface area (Å²) in [5.74, 6) is 0.284. The van der Waals surface area contributed by atoms with Crippen molar-refractivity contribution >= 4 is 28.5 Å². The Morgan fingerprint density at radius 1 is 1.12 bits per heavy atom. The van der Waals surface area contributed by atoms with Crippen LogP contribution in [0.2, 0.25) is 0 Å². The standard InChI is InChI=1S/C28H32N2O4/c1-5-28(2,3)18-10-15-24-22(16-18)26(21-8-6-7-9-23(21)30-24)27(32)34-17-25(31)29-19-11-13-20(33-4)14-12-19/h6-9,11-14,18H,5,10,15-17H2,1-4H3,(H,29,31). The van der Waals surface area contributed by atoms with Crippen molar-refractivity contribution in [2.45, 2.75) is 46.5 Å². The second-order valence-corrected chi connectivity index (χ2v) is 9.56. The monoisotopic (exact) mass is 460 g/mol. The van der Waals surface area contributed by atoms with E-state index in [4.69, 9.17) is 14.5 Å². The number of aryl methyl sites for hydroxylation is 1. The summed E-state index contributed by atoms with van der Waals surface area (Å²) in [7, 11) is 1.58. The minimum Gasteiger partial charge on any atom is -0.497 e. The summed E-state index contributed by atoms with van der Waals surface area (Å²) in [5.41, 5.74) is 4.05. The van der Waals surface area contributed by atoms with Gasteiger partial charge in [-0.2, -0.15) is 0 Å². The van der Waals surface area contributed by atoms with Crippen LogP contribution in [-0.4, -0.2) is 30.6 Å². The maximum Gasteiger partial charge on any atom is 0.339 e. The summed E-state index contributed by atoms with van der Waals surface area (Å²) in [6, 6.07) is 14.6. The van der Waals surface area contributed by atoms with E-state index in [9.17, 15) is 9.59 Å². The lowest BCUT2D eigenvalue weighted by atomic mass is 9.68. The summed E-state index contributed by atoms with van der Waals surface area (Å²) >= 11 is 0. The maximum atomic E-state index is 13.4. The molecular weight excluding hydrogens is 428 g/mol. The molecule has 0 aliphatic heterocycles. The molecule has 34 heavy (non-hydrogen) atoms. The number of carbonyl (C=O) groups is 2. The highest BCUT2D eigenvalue weighted by Gasteiger charge is 2.34. The second kappa shape index (κ2) is 9.84. The molecule has 4 rings (SSSR count). The van der Waals surface area contributed by atoms with Crippen molar-refractivity contribution in [3.8, 4) is 5.75 Å². The molecule has 0 saturated heterocycles. The summed E-state index contributed by atoms with van der Waals surface area (Å²) in [6.45, 7) is 6.43. The van der Waals surface area contributed by atoms with Crippen LogP contribution in [0.4, 0.5) is 5.69 Å². The van der Waals surface area contributed by atoms with Gasteiger partial charge in [0.15, 0.2) is 6.61 Å². The van der Waals surface area contributed by atoms with Crippen LogP contribution in [0.5, 0.6) is 5.75 Å². The Hall–Kier alpha value is -3.41. The van der Waals surface area contributed by atoms with Crippen LogP contribution < -0.4 is 10.1 Å². The lowest BCUT2D eigenvalue weighted by Crippen LogP contribution is -2.31. The molecule has 1 aromatic heterocycles. The summed E-state index contributed by atoms with van der Waals surface area (Å²) in [6.07, 6.45) is 3.75. The molecule has 2 aromatic carbocycles. The third kappa shape index (κ3) is 4.91. The summed E-state index contributed by atoms with van der Waals surface area (Å²) in [4.78, 5) is 30.7. The highest BCUT2D eigenvalue weighted by molar-refractivity contribution is 6.06. The zero-order chi connectivity index (χ0) is 24.3. The fourth-order valence-corrected chi connectivity index (χ4v) is 4.65. The van der Waals surface area contributed by atoms with Gasteiger partial charge in [0.05, 0.1) is 18.2 Å². The van der Waals surface area contributed by atoms with E-state index in [0.29, 0.717) is 22.9 Å². The number of anilines is 1. The molecule has 1 N–H and O–H groups in total. The van der Waals surface area contributed by atoms with Gasteiger partial charge in [-0.1, -0.05) is 45.4 Å². The number of pyridine rings is 1. The minimum atomic E-state index is -0.477. The largest absolute Gasteiger partial charge is 0.497 e. The highest BCUT2D eigenvalue weighted by Crippen LogP contribution is 2.41. The number of amides is 1. The van der Waals surface area contributed by atoms with E-state index < -0.39 is 11.9 Å². The van der Waals surface area contributed by atoms with Crippen molar-refractivity contribution in [3.63, 3.8) is 0 Å². The number of aromatic nitrogens is 1. The van der Waals surface area contributed by atoms with Crippen molar-refractivity contribution in [3.05, 3.63) is 65.4 Å². The maximum absolute atomic E-state index is 13.4. The van der Waals surface area contributed by atoms with Gasteiger partial charge in [-0.05, 0) is 66.5 Å². The Bertz CT molecular complexity index is 1200. The van der Waals surface area contributed by atoms with E-state index >= 15 is 0 Å². The van der Waals surface area contributed by atoms with Gasteiger partial charge < -0.3 is 14.8 Å².